The average Bonchev–Trinajstić information content (AvgIpc) is 3.63. The minimum absolute atomic E-state index is 1.01. The summed E-state index contributed by atoms with van der Waals surface area (Å²) in [6.07, 6.45) is 11.1. The molecule has 0 radical (unpaired) electrons. The van der Waals surface area contributed by atoms with Crippen molar-refractivity contribution in [2.24, 2.45) is 0 Å². The van der Waals surface area contributed by atoms with E-state index in [1.54, 1.807) is 5.57 Å². The molecule has 10 aromatic rings. The molecule has 64 heavy (non-hydrogen) atoms. The van der Waals surface area contributed by atoms with Crippen LogP contribution in [0.4, 0.5) is 28.4 Å². The monoisotopic (exact) mass is 818 g/mol. The van der Waals surface area contributed by atoms with Gasteiger partial charge in [0, 0.05) is 34.1 Å². The van der Waals surface area contributed by atoms with Gasteiger partial charge in [0.15, 0.2) is 0 Å². The number of allylic oxidation sites excluding steroid dienone is 3. The van der Waals surface area contributed by atoms with Crippen molar-refractivity contribution in [1.29, 1.82) is 0 Å². The van der Waals surface area contributed by atoms with Crippen molar-refractivity contribution >= 4 is 71.5 Å². The molecule has 10 aromatic carbocycles. The van der Waals surface area contributed by atoms with E-state index in [1.807, 2.05) is 0 Å². The van der Waals surface area contributed by atoms with Crippen LogP contribution in [0.5, 0.6) is 0 Å². The molecule has 0 bridgehead atoms. The molecule has 0 atom stereocenters. The first-order valence-corrected chi connectivity index (χ1v) is 23.0. The first-order valence-electron chi connectivity index (χ1n) is 23.0. The third kappa shape index (κ3) is 6.01. The summed E-state index contributed by atoms with van der Waals surface area (Å²) < 4.78 is 0. The van der Waals surface area contributed by atoms with E-state index in [0.29, 0.717) is 0 Å². The number of hydrogen-bond donors (Lipinski definition) is 0. The van der Waals surface area contributed by atoms with E-state index in [4.69, 9.17) is 0 Å². The van der Waals surface area contributed by atoms with Crippen LogP contribution in [0.25, 0.3) is 65.3 Å². The number of benzene rings is 10. The Hall–Kier alpha value is -7.68. The normalized spacial score (nSPS) is 14.6. The molecule has 2 nitrogen and oxygen atoms in total. The molecule has 1 aliphatic carbocycles. The molecule has 0 spiro atoms. The van der Waals surface area contributed by atoms with Crippen LogP contribution in [0, 0.1) is 0 Å². The van der Waals surface area contributed by atoms with Crippen LogP contribution in [-0.2, 0) is 19.3 Å². The zero-order valence-corrected chi connectivity index (χ0v) is 35.8. The van der Waals surface area contributed by atoms with Gasteiger partial charge in [0.1, 0.15) is 0 Å². The number of rotatable bonds is 4. The summed E-state index contributed by atoms with van der Waals surface area (Å²) in [5, 5.41) is 9.98. The van der Waals surface area contributed by atoms with Gasteiger partial charge in [-0.3, -0.25) is 0 Å². The van der Waals surface area contributed by atoms with Gasteiger partial charge in [-0.25, -0.2) is 0 Å². The summed E-state index contributed by atoms with van der Waals surface area (Å²) in [6.45, 7) is 0. The molecule has 0 saturated heterocycles. The van der Waals surface area contributed by atoms with E-state index < -0.39 is 0 Å². The summed E-state index contributed by atoms with van der Waals surface area (Å²) in [5.74, 6) is 0. The second-order valence-electron chi connectivity index (χ2n) is 17.8. The SMILES string of the molecule is C1=CC2=C(CC1)CCc1ccccc1N2c1ccc2c(-c3ccc4ccccc4c3)c3cc(N4c5ccccc5CCc5ccccc54)ccc3c(-c3ccc4ccccc4c3)c2c1. The standard InChI is InChI=1S/C62H46N2/c1-3-19-47-37-49(31-25-41(47)13-1)61-53-35-33-52(64-59-23-11-7-17-45(59)29-30-46-18-8-12-24-60(46)64)40-56(53)62(50-32-26-42-14-2-4-20-48(42)38-50)54-36-34-51(39-55(54)61)63-57-21-9-5-15-43(57)27-28-44-16-6-10-22-58(44)63/h1-7,9-17,19-26,31-40H,8,18,27-30H2. The second-order valence-corrected chi connectivity index (χ2v) is 17.8. The Bertz CT molecular complexity index is 3540. The molecule has 2 heteroatoms. The Morgan fingerprint density at radius 1 is 0.328 bits per heavy atom. The smallest absolute Gasteiger partial charge is 0.0493 e. The van der Waals surface area contributed by atoms with Gasteiger partial charge in [0.05, 0.1) is 0 Å². The maximum Gasteiger partial charge on any atom is 0.0493 e. The second kappa shape index (κ2) is 15.0. The molecule has 304 valence electrons. The Morgan fingerprint density at radius 2 is 0.781 bits per heavy atom. The predicted molar refractivity (Wildman–Crippen MR) is 272 cm³/mol. The van der Waals surface area contributed by atoms with Crippen LogP contribution in [0.3, 0.4) is 0 Å². The third-order valence-corrected chi connectivity index (χ3v) is 14.2. The Balaban J connectivity index is 1.15. The van der Waals surface area contributed by atoms with Gasteiger partial charge in [0.2, 0.25) is 0 Å². The number of nitrogens with zero attached hydrogens (tertiary/aromatic N) is 2. The van der Waals surface area contributed by atoms with Crippen molar-refractivity contribution < 1.29 is 0 Å². The van der Waals surface area contributed by atoms with E-state index in [0.717, 1.165) is 38.5 Å². The van der Waals surface area contributed by atoms with Crippen molar-refractivity contribution in [3.63, 3.8) is 0 Å². The third-order valence-electron chi connectivity index (χ3n) is 14.2. The van der Waals surface area contributed by atoms with E-state index in [-0.39, 0.29) is 0 Å². The van der Waals surface area contributed by atoms with Crippen LogP contribution in [0.15, 0.2) is 218 Å². The fourth-order valence-corrected chi connectivity index (χ4v) is 11.2. The van der Waals surface area contributed by atoms with Gasteiger partial charge in [-0.1, -0.05) is 146 Å². The summed E-state index contributed by atoms with van der Waals surface area (Å²) in [5.41, 5.74) is 18.2. The summed E-state index contributed by atoms with van der Waals surface area (Å²) >= 11 is 0. The van der Waals surface area contributed by atoms with Gasteiger partial charge in [-0.05, 0) is 187 Å². The van der Waals surface area contributed by atoms with Gasteiger partial charge in [0.25, 0.3) is 0 Å². The van der Waals surface area contributed by atoms with Crippen molar-refractivity contribution in [2.45, 2.75) is 38.5 Å². The van der Waals surface area contributed by atoms with Gasteiger partial charge in [-0.15, -0.1) is 0 Å². The number of hydrogen-bond acceptors (Lipinski definition) is 2. The largest absolute Gasteiger partial charge is 0.310 e. The topological polar surface area (TPSA) is 6.48 Å². The molecule has 2 aliphatic heterocycles. The lowest BCUT2D eigenvalue weighted by atomic mass is 9.84. The lowest BCUT2D eigenvalue weighted by Gasteiger charge is -2.30. The maximum atomic E-state index is 2.56. The number of para-hydroxylation sites is 3. The summed E-state index contributed by atoms with van der Waals surface area (Å²) in [4.78, 5) is 5.08. The lowest BCUT2D eigenvalue weighted by molar-refractivity contribution is 0.833. The fraction of sp³-hybridized carbons (Fsp3) is 0.0968. The van der Waals surface area contributed by atoms with Crippen LogP contribution in [0.2, 0.25) is 0 Å². The zero-order valence-electron chi connectivity index (χ0n) is 35.8. The minimum Gasteiger partial charge on any atom is -0.310 e. The molecule has 0 amide bonds. The minimum atomic E-state index is 1.01. The van der Waals surface area contributed by atoms with Crippen molar-refractivity contribution in [3.05, 3.63) is 234 Å². The molecular formula is C62H46N2. The molecule has 0 fully saturated rings. The quantitative estimate of drug-likeness (QED) is 0.163. The zero-order chi connectivity index (χ0) is 42.1. The molecule has 0 N–H and O–H groups in total. The molecule has 0 unspecified atom stereocenters. The van der Waals surface area contributed by atoms with Crippen LogP contribution in [-0.4, -0.2) is 0 Å². The molecule has 13 rings (SSSR count). The highest BCUT2D eigenvalue weighted by atomic mass is 15.2. The highest BCUT2D eigenvalue weighted by molar-refractivity contribution is 6.23. The molecule has 3 aliphatic rings. The molecular weight excluding hydrogens is 773 g/mol. The lowest BCUT2D eigenvalue weighted by Crippen LogP contribution is -2.18. The highest BCUT2D eigenvalue weighted by Crippen LogP contribution is 2.50. The van der Waals surface area contributed by atoms with Crippen molar-refractivity contribution in [3.8, 4) is 22.3 Å². The van der Waals surface area contributed by atoms with Gasteiger partial charge < -0.3 is 9.80 Å². The maximum absolute atomic E-state index is 2.56. The Morgan fingerprint density at radius 3 is 1.33 bits per heavy atom. The molecule has 0 saturated carbocycles. The van der Waals surface area contributed by atoms with Crippen LogP contribution in [0.1, 0.15) is 36.0 Å². The Labute approximate surface area is 374 Å². The van der Waals surface area contributed by atoms with E-state index in [2.05, 4.69) is 216 Å². The predicted octanol–water partition coefficient (Wildman–Crippen LogP) is 16.9. The van der Waals surface area contributed by atoms with E-state index in [1.165, 1.54) is 116 Å². The molecule has 0 aromatic heterocycles. The van der Waals surface area contributed by atoms with Crippen molar-refractivity contribution in [1.82, 2.24) is 0 Å². The molecule has 2 heterocycles. The van der Waals surface area contributed by atoms with Gasteiger partial charge in [-0.2, -0.15) is 0 Å². The highest BCUT2D eigenvalue weighted by Gasteiger charge is 2.27. The average molecular weight is 819 g/mol. The number of anilines is 5. The van der Waals surface area contributed by atoms with Gasteiger partial charge >= 0.3 is 0 Å². The van der Waals surface area contributed by atoms with E-state index in [9.17, 15) is 0 Å². The first-order chi connectivity index (χ1) is 31.7. The first kappa shape index (κ1) is 36.9. The van der Waals surface area contributed by atoms with E-state index >= 15 is 0 Å². The van der Waals surface area contributed by atoms with Crippen molar-refractivity contribution in [2.75, 3.05) is 9.80 Å². The number of fused-ring (bicyclic) bond motifs is 7. The number of aryl methyl sites for hydroxylation is 3. The Kier molecular flexibility index (Phi) is 8.65. The fourth-order valence-electron chi connectivity index (χ4n) is 11.2. The van der Waals surface area contributed by atoms with Crippen LogP contribution < -0.4 is 9.80 Å². The summed E-state index contributed by atoms with van der Waals surface area (Å²) in [6, 6.07) is 73.3. The summed E-state index contributed by atoms with van der Waals surface area (Å²) in [7, 11) is 0. The van der Waals surface area contributed by atoms with Crippen LogP contribution >= 0.6 is 0 Å².